The first-order valence-corrected chi connectivity index (χ1v) is 6.53. The van der Waals surface area contributed by atoms with Crippen molar-refractivity contribution in [3.05, 3.63) is 48.6 Å². The van der Waals surface area contributed by atoms with Gasteiger partial charge < -0.3 is 10.1 Å². The first kappa shape index (κ1) is 15.4. The molecule has 104 valence electrons. The van der Waals surface area contributed by atoms with E-state index in [0.29, 0.717) is 13.0 Å². The van der Waals surface area contributed by atoms with E-state index in [9.17, 15) is 4.79 Å². The van der Waals surface area contributed by atoms with Crippen molar-refractivity contribution in [3.63, 3.8) is 0 Å². The van der Waals surface area contributed by atoms with E-state index < -0.39 is 5.60 Å². The van der Waals surface area contributed by atoms with Gasteiger partial charge in [-0.3, -0.25) is 4.79 Å². The first-order valence-electron chi connectivity index (χ1n) is 6.53. The lowest BCUT2D eigenvalue weighted by atomic mass is 10.0. The Kier molecular flexibility index (Phi) is 5.77. The largest absolute Gasteiger partial charge is 0.460 e. The van der Waals surface area contributed by atoms with Crippen LogP contribution in [-0.2, 0) is 9.53 Å². The number of nitrogens with one attached hydrogen (secondary N) is 1. The standard InChI is InChI=1S/C16H23NO2/c1-5-11-17-14(13-9-7-6-8-10-13)12-15(18)19-16(2,3)4/h5-10,14,17H,1,11-12H2,2-4H3/t14-/m1/s1. The van der Waals surface area contributed by atoms with Crippen LogP contribution in [0.1, 0.15) is 38.8 Å². The Balaban J connectivity index is 2.70. The fraction of sp³-hybridized carbons (Fsp3) is 0.438. The van der Waals surface area contributed by atoms with E-state index in [1.54, 1.807) is 6.08 Å². The van der Waals surface area contributed by atoms with Crippen molar-refractivity contribution in [1.29, 1.82) is 0 Å². The fourth-order valence-corrected chi connectivity index (χ4v) is 1.77. The average Bonchev–Trinajstić information content (AvgIpc) is 2.33. The van der Waals surface area contributed by atoms with E-state index in [2.05, 4.69) is 11.9 Å². The van der Waals surface area contributed by atoms with Crippen LogP contribution < -0.4 is 5.32 Å². The van der Waals surface area contributed by atoms with Crippen molar-refractivity contribution in [2.75, 3.05) is 6.54 Å². The molecule has 0 aliphatic rings. The van der Waals surface area contributed by atoms with E-state index in [1.165, 1.54) is 0 Å². The molecule has 0 radical (unpaired) electrons. The van der Waals surface area contributed by atoms with E-state index in [0.717, 1.165) is 5.56 Å². The van der Waals surface area contributed by atoms with Crippen LogP contribution in [0.25, 0.3) is 0 Å². The van der Waals surface area contributed by atoms with Gasteiger partial charge >= 0.3 is 5.97 Å². The summed E-state index contributed by atoms with van der Waals surface area (Å²) in [7, 11) is 0. The summed E-state index contributed by atoms with van der Waals surface area (Å²) in [6.45, 7) is 9.97. The molecule has 1 aromatic carbocycles. The van der Waals surface area contributed by atoms with E-state index >= 15 is 0 Å². The molecule has 0 saturated carbocycles. The second kappa shape index (κ2) is 7.10. The molecule has 0 bridgehead atoms. The molecule has 1 aromatic rings. The van der Waals surface area contributed by atoms with Crippen LogP contribution in [0, 0.1) is 0 Å². The Morgan fingerprint density at radius 3 is 2.53 bits per heavy atom. The Hall–Kier alpha value is -1.61. The molecule has 1 N–H and O–H groups in total. The first-order chi connectivity index (χ1) is 8.92. The molecule has 0 spiro atoms. The highest BCUT2D eigenvalue weighted by Crippen LogP contribution is 2.19. The molecule has 1 atom stereocenters. The van der Waals surface area contributed by atoms with Gasteiger partial charge in [-0.05, 0) is 26.3 Å². The minimum Gasteiger partial charge on any atom is -0.460 e. The number of carbonyl (C=O) groups is 1. The highest BCUT2D eigenvalue weighted by Gasteiger charge is 2.20. The number of hydrogen-bond donors (Lipinski definition) is 1. The lowest BCUT2D eigenvalue weighted by Crippen LogP contribution is -2.29. The number of benzene rings is 1. The molecule has 3 heteroatoms. The third-order valence-corrected chi connectivity index (χ3v) is 2.50. The zero-order chi connectivity index (χ0) is 14.3. The summed E-state index contributed by atoms with van der Waals surface area (Å²) in [5.74, 6) is -0.196. The molecular formula is C16H23NO2. The molecule has 0 unspecified atom stereocenters. The summed E-state index contributed by atoms with van der Waals surface area (Å²) in [4.78, 5) is 11.9. The second-order valence-corrected chi connectivity index (χ2v) is 5.45. The summed E-state index contributed by atoms with van der Waals surface area (Å²) in [6, 6.07) is 9.85. The average molecular weight is 261 g/mol. The Morgan fingerprint density at radius 1 is 1.37 bits per heavy atom. The lowest BCUT2D eigenvalue weighted by Gasteiger charge is -2.23. The van der Waals surface area contributed by atoms with Crippen molar-refractivity contribution in [2.24, 2.45) is 0 Å². The van der Waals surface area contributed by atoms with Gasteiger partial charge in [0.25, 0.3) is 0 Å². The molecule has 19 heavy (non-hydrogen) atoms. The van der Waals surface area contributed by atoms with Crippen molar-refractivity contribution < 1.29 is 9.53 Å². The number of hydrogen-bond acceptors (Lipinski definition) is 3. The highest BCUT2D eigenvalue weighted by atomic mass is 16.6. The van der Waals surface area contributed by atoms with Crippen LogP contribution in [-0.4, -0.2) is 18.1 Å². The van der Waals surface area contributed by atoms with E-state index in [-0.39, 0.29) is 12.0 Å². The predicted octanol–water partition coefficient (Wildman–Crippen LogP) is 3.24. The van der Waals surface area contributed by atoms with Gasteiger partial charge in [-0.15, -0.1) is 6.58 Å². The van der Waals surface area contributed by atoms with Crippen molar-refractivity contribution in [2.45, 2.75) is 38.8 Å². The highest BCUT2D eigenvalue weighted by molar-refractivity contribution is 5.71. The van der Waals surface area contributed by atoms with E-state index in [4.69, 9.17) is 4.74 Å². The lowest BCUT2D eigenvalue weighted by molar-refractivity contribution is -0.155. The third-order valence-electron chi connectivity index (χ3n) is 2.50. The summed E-state index contributed by atoms with van der Waals surface area (Å²) in [5, 5.41) is 3.28. The van der Waals surface area contributed by atoms with Gasteiger partial charge in [-0.25, -0.2) is 0 Å². The molecule has 0 aliphatic carbocycles. The van der Waals surface area contributed by atoms with Gasteiger partial charge in [-0.2, -0.15) is 0 Å². The number of rotatable bonds is 6. The van der Waals surface area contributed by atoms with Crippen molar-refractivity contribution in [3.8, 4) is 0 Å². The zero-order valence-electron chi connectivity index (χ0n) is 12.0. The van der Waals surface area contributed by atoms with Gasteiger partial charge in [0.1, 0.15) is 5.60 Å². The predicted molar refractivity (Wildman–Crippen MR) is 77.8 cm³/mol. The molecule has 3 nitrogen and oxygen atoms in total. The van der Waals surface area contributed by atoms with Crippen LogP contribution >= 0.6 is 0 Å². The molecule has 1 rings (SSSR count). The Bertz CT molecular complexity index is 407. The Labute approximate surface area is 115 Å². The number of carbonyl (C=O) groups excluding carboxylic acids is 1. The van der Waals surface area contributed by atoms with Crippen LogP contribution in [0.5, 0.6) is 0 Å². The molecule has 0 fully saturated rings. The third kappa shape index (κ3) is 6.20. The van der Waals surface area contributed by atoms with Gasteiger partial charge in [0.2, 0.25) is 0 Å². The maximum atomic E-state index is 11.9. The summed E-state index contributed by atoms with van der Waals surface area (Å²) in [6.07, 6.45) is 2.10. The smallest absolute Gasteiger partial charge is 0.308 e. The molecule has 0 aromatic heterocycles. The molecular weight excluding hydrogens is 238 g/mol. The topological polar surface area (TPSA) is 38.3 Å². The van der Waals surface area contributed by atoms with Crippen molar-refractivity contribution in [1.82, 2.24) is 5.32 Å². The maximum Gasteiger partial charge on any atom is 0.308 e. The minimum absolute atomic E-state index is 0.0472. The second-order valence-electron chi connectivity index (χ2n) is 5.45. The molecule has 0 saturated heterocycles. The van der Waals surface area contributed by atoms with Gasteiger partial charge in [-0.1, -0.05) is 36.4 Å². The molecule has 0 amide bonds. The Morgan fingerprint density at radius 2 is 2.00 bits per heavy atom. The number of esters is 1. The SMILES string of the molecule is C=CCN[C@H](CC(=O)OC(C)(C)C)c1ccccc1. The maximum absolute atomic E-state index is 11.9. The van der Waals surface area contributed by atoms with Crippen LogP contribution in [0.2, 0.25) is 0 Å². The summed E-state index contributed by atoms with van der Waals surface area (Å²) in [5.41, 5.74) is 0.631. The molecule has 0 aliphatic heterocycles. The van der Waals surface area contributed by atoms with Crippen molar-refractivity contribution >= 4 is 5.97 Å². The summed E-state index contributed by atoms with van der Waals surface area (Å²) >= 11 is 0. The zero-order valence-corrected chi connectivity index (χ0v) is 12.0. The fourth-order valence-electron chi connectivity index (χ4n) is 1.77. The minimum atomic E-state index is -0.448. The number of ether oxygens (including phenoxy) is 1. The van der Waals surface area contributed by atoms with Gasteiger partial charge in [0.15, 0.2) is 0 Å². The molecule has 0 heterocycles. The van der Waals surface area contributed by atoms with Crippen LogP contribution in [0.15, 0.2) is 43.0 Å². The van der Waals surface area contributed by atoms with Gasteiger partial charge in [0, 0.05) is 12.6 Å². The van der Waals surface area contributed by atoms with Crippen LogP contribution in [0.3, 0.4) is 0 Å². The normalized spacial score (nSPS) is 12.8. The summed E-state index contributed by atoms with van der Waals surface area (Å²) < 4.78 is 5.36. The quantitative estimate of drug-likeness (QED) is 0.631. The monoisotopic (exact) mass is 261 g/mol. The van der Waals surface area contributed by atoms with E-state index in [1.807, 2.05) is 51.1 Å². The van der Waals surface area contributed by atoms with Gasteiger partial charge in [0.05, 0.1) is 6.42 Å². The van der Waals surface area contributed by atoms with Crippen LogP contribution in [0.4, 0.5) is 0 Å².